The minimum Gasteiger partial charge on any atom is -0.324 e. The minimum atomic E-state index is -0.0322. The fourth-order valence-electron chi connectivity index (χ4n) is 2.38. The normalized spacial score (nSPS) is 16.4. The Balaban J connectivity index is 1.88. The molecule has 1 aromatic rings. The quantitative estimate of drug-likeness (QED) is 0.868. The first-order valence-electron chi connectivity index (χ1n) is 6.72. The van der Waals surface area contributed by atoms with Crippen molar-refractivity contribution in [1.82, 2.24) is 10.2 Å². The lowest BCUT2D eigenvalue weighted by Crippen LogP contribution is -2.44. The zero-order valence-electron chi connectivity index (χ0n) is 11.5. The van der Waals surface area contributed by atoms with Crippen LogP contribution in [0.15, 0.2) is 22.7 Å². The summed E-state index contributed by atoms with van der Waals surface area (Å²) in [4.78, 5) is 14.2. The van der Waals surface area contributed by atoms with Crippen LogP contribution < -0.4 is 10.6 Å². The van der Waals surface area contributed by atoms with E-state index in [1.54, 1.807) is 12.1 Å². The highest BCUT2D eigenvalue weighted by Gasteiger charge is 2.19. The molecule has 2 rings (SSSR count). The number of nitrogens with zero attached hydrogens (tertiary/aromatic N) is 1. The van der Waals surface area contributed by atoms with Gasteiger partial charge in [0.15, 0.2) is 0 Å². The molecule has 4 nitrogen and oxygen atoms in total. The van der Waals surface area contributed by atoms with Crippen molar-refractivity contribution in [1.29, 1.82) is 0 Å². The van der Waals surface area contributed by atoms with Crippen LogP contribution in [0.2, 0.25) is 5.02 Å². The van der Waals surface area contributed by atoms with E-state index in [-0.39, 0.29) is 5.91 Å². The highest BCUT2D eigenvalue weighted by atomic mass is 79.9. The zero-order valence-corrected chi connectivity index (χ0v) is 13.8. The van der Waals surface area contributed by atoms with E-state index in [9.17, 15) is 4.79 Å². The number of piperidine rings is 1. The Kier molecular flexibility index (Phi) is 5.84. The van der Waals surface area contributed by atoms with Crippen molar-refractivity contribution in [2.75, 3.05) is 32.0 Å². The van der Waals surface area contributed by atoms with Crippen LogP contribution in [0.3, 0.4) is 0 Å². The topological polar surface area (TPSA) is 44.4 Å². The van der Waals surface area contributed by atoms with Crippen LogP contribution >= 0.6 is 27.5 Å². The Morgan fingerprint density at radius 3 is 2.85 bits per heavy atom. The summed E-state index contributed by atoms with van der Waals surface area (Å²) in [5.41, 5.74) is 0.651. The molecule has 0 aliphatic carbocycles. The molecule has 1 aliphatic rings. The highest BCUT2D eigenvalue weighted by Crippen LogP contribution is 2.25. The number of halogens is 2. The summed E-state index contributed by atoms with van der Waals surface area (Å²) in [7, 11) is 2.00. The van der Waals surface area contributed by atoms with E-state index in [0.29, 0.717) is 23.3 Å². The highest BCUT2D eigenvalue weighted by molar-refractivity contribution is 9.10. The number of carbonyl (C=O) groups excluding carboxylic acids is 1. The summed E-state index contributed by atoms with van der Waals surface area (Å²) in [5.74, 6) is -0.0322. The third-order valence-electron chi connectivity index (χ3n) is 3.53. The Hall–Kier alpha value is -0.620. The minimum absolute atomic E-state index is 0.0322. The first-order chi connectivity index (χ1) is 9.56. The Morgan fingerprint density at radius 2 is 2.20 bits per heavy atom. The maximum Gasteiger partial charge on any atom is 0.238 e. The number of hydrogen-bond donors (Lipinski definition) is 2. The smallest absolute Gasteiger partial charge is 0.238 e. The van der Waals surface area contributed by atoms with Gasteiger partial charge in [-0.25, -0.2) is 0 Å². The van der Waals surface area contributed by atoms with Gasteiger partial charge in [0.25, 0.3) is 0 Å². The van der Waals surface area contributed by atoms with Crippen LogP contribution in [-0.2, 0) is 4.79 Å². The van der Waals surface area contributed by atoms with Crippen LogP contribution in [0.25, 0.3) is 0 Å². The van der Waals surface area contributed by atoms with Crippen LogP contribution in [-0.4, -0.2) is 43.5 Å². The molecule has 0 radical (unpaired) electrons. The number of carbonyl (C=O) groups is 1. The van der Waals surface area contributed by atoms with E-state index in [0.717, 1.165) is 30.4 Å². The van der Waals surface area contributed by atoms with Crippen LogP contribution in [0, 0.1) is 0 Å². The molecule has 0 spiro atoms. The lowest BCUT2D eigenvalue weighted by Gasteiger charge is -2.31. The third kappa shape index (κ3) is 4.45. The molecule has 2 N–H and O–H groups in total. The van der Waals surface area contributed by atoms with Crippen molar-refractivity contribution in [3.8, 4) is 0 Å². The van der Waals surface area contributed by atoms with Gasteiger partial charge in [0.2, 0.25) is 5.91 Å². The summed E-state index contributed by atoms with van der Waals surface area (Å²) in [6, 6.07) is 5.91. The predicted molar refractivity (Wildman–Crippen MR) is 86.3 cm³/mol. The molecule has 1 aliphatic heterocycles. The number of nitrogens with one attached hydrogen (secondary N) is 2. The SMILES string of the molecule is CN(CC(=O)Nc1ccc(Br)cc1Cl)C1CCNCC1. The van der Waals surface area contributed by atoms with Gasteiger partial charge in [0.1, 0.15) is 0 Å². The van der Waals surface area contributed by atoms with Crippen molar-refractivity contribution in [3.05, 3.63) is 27.7 Å². The van der Waals surface area contributed by atoms with E-state index >= 15 is 0 Å². The van der Waals surface area contributed by atoms with Crippen molar-refractivity contribution < 1.29 is 4.79 Å². The van der Waals surface area contributed by atoms with E-state index in [1.165, 1.54) is 0 Å². The molecule has 6 heteroatoms. The third-order valence-corrected chi connectivity index (χ3v) is 4.34. The van der Waals surface area contributed by atoms with E-state index < -0.39 is 0 Å². The maximum atomic E-state index is 12.1. The van der Waals surface area contributed by atoms with Gasteiger partial charge >= 0.3 is 0 Å². The van der Waals surface area contributed by atoms with Crippen molar-refractivity contribution in [3.63, 3.8) is 0 Å². The molecule has 1 amide bonds. The molecule has 0 bridgehead atoms. The first kappa shape index (κ1) is 15.8. The van der Waals surface area contributed by atoms with Gasteiger partial charge in [-0.05, 0) is 51.2 Å². The predicted octanol–water partition coefficient (Wildman–Crippen LogP) is 2.72. The van der Waals surface area contributed by atoms with Gasteiger partial charge in [0.05, 0.1) is 17.3 Å². The van der Waals surface area contributed by atoms with Crippen LogP contribution in [0.1, 0.15) is 12.8 Å². The molecule has 110 valence electrons. The lowest BCUT2D eigenvalue weighted by atomic mass is 10.1. The van der Waals surface area contributed by atoms with Gasteiger partial charge in [-0.2, -0.15) is 0 Å². The number of benzene rings is 1. The number of likely N-dealkylation sites (N-methyl/N-ethyl adjacent to an activating group) is 1. The summed E-state index contributed by atoms with van der Waals surface area (Å²) in [5, 5.41) is 6.72. The average Bonchev–Trinajstić information content (AvgIpc) is 2.43. The van der Waals surface area contributed by atoms with E-state index in [1.807, 2.05) is 13.1 Å². The second-order valence-electron chi connectivity index (χ2n) is 5.07. The van der Waals surface area contributed by atoms with E-state index in [4.69, 9.17) is 11.6 Å². The Bertz CT molecular complexity index is 477. The first-order valence-corrected chi connectivity index (χ1v) is 7.89. The molecule has 0 atom stereocenters. The lowest BCUT2D eigenvalue weighted by molar-refractivity contribution is -0.117. The fourth-order valence-corrected chi connectivity index (χ4v) is 3.10. The average molecular weight is 361 g/mol. The Labute approximate surface area is 133 Å². The maximum absolute atomic E-state index is 12.1. The van der Waals surface area contributed by atoms with Crippen LogP contribution in [0.5, 0.6) is 0 Å². The molecule has 0 unspecified atom stereocenters. The molecule has 20 heavy (non-hydrogen) atoms. The summed E-state index contributed by atoms with van der Waals surface area (Å²) < 4.78 is 0.896. The molecule has 0 aromatic heterocycles. The molecule has 1 aromatic carbocycles. The van der Waals surface area contributed by atoms with E-state index in [2.05, 4.69) is 31.5 Å². The summed E-state index contributed by atoms with van der Waals surface area (Å²) in [6.45, 7) is 2.43. The molecule has 1 saturated heterocycles. The zero-order chi connectivity index (χ0) is 14.5. The van der Waals surface area contributed by atoms with Crippen LogP contribution in [0.4, 0.5) is 5.69 Å². The van der Waals surface area contributed by atoms with Gasteiger partial charge in [-0.3, -0.25) is 9.69 Å². The van der Waals surface area contributed by atoms with Gasteiger partial charge in [-0.15, -0.1) is 0 Å². The molecule has 1 heterocycles. The fraction of sp³-hybridized carbons (Fsp3) is 0.500. The van der Waals surface area contributed by atoms with Crippen molar-refractivity contribution in [2.45, 2.75) is 18.9 Å². The number of anilines is 1. The standard InChI is InChI=1S/C14H19BrClN3O/c1-19(11-4-6-17-7-5-11)9-14(20)18-13-3-2-10(15)8-12(13)16/h2-3,8,11,17H,4-7,9H2,1H3,(H,18,20). The molecule has 0 saturated carbocycles. The summed E-state index contributed by atoms with van der Waals surface area (Å²) in [6.07, 6.45) is 2.17. The van der Waals surface area contributed by atoms with Crippen molar-refractivity contribution in [2.24, 2.45) is 0 Å². The summed E-state index contributed by atoms with van der Waals surface area (Å²) >= 11 is 9.44. The molecular weight excluding hydrogens is 342 g/mol. The van der Waals surface area contributed by atoms with Gasteiger partial charge < -0.3 is 10.6 Å². The number of hydrogen-bond acceptors (Lipinski definition) is 3. The number of amides is 1. The second-order valence-corrected chi connectivity index (χ2v) is 6.39. The molecule has 1 fully saturated rings. The number of rotatable bonds is 4. The largest absolute Gasteiger partial charge is 0.324 e. The molecular formula is C14H19BrClN3O. The Morgan fingerprint density at radius 1 is 1.50 bits per heavy atom. The second kappa shape index (κ2) is 7.41. The van der Waals surface area contributed by atoms with Gasteiger partial charge in [0, 0.05) is 10.5 Å². The van der Waals surface area contributed by atoms with Crippen molar-refractivity contribution >= 4 is 39.1 Å². The monoisotopic (exact) mass is 359 g/mol. The van der Waals surface area contributed by atoms with Gasteiger partial charge in [-0.1, -0.05) is 27.5 Å².